The Labute approximate surface area is 145 Å². The predicted octanol–water partition coefficient (Wildman–Crippen LogP) is 5.25. The Kier molecular flexibility index (Phi) is 5.04. The molecule has 1 fully saturated rings. The Balaban J connectivity index is 1.88. The third-order valence-electron chi connectivity index (χ3n) is 4.58. The number of hydrogen-bond acceptors (Lipinski definition) is 2. The van der Waals surface area contributed by atoms with Crippen LogP contribution in [0.2, 0.25) is 0 Å². The van der Waals surface area contributed by atoms with Crippen LogP contribution in [0, 0.1) is 6.42 Å². The lowest BCUT2D eigenvalue weighted by molar-refractivity contribution is -0.139. The van der Waals surface area contributed by atoms with Crippen molar-refractivity contribution < 1.29 is 23.0 Å². The molecule has 1 radical (unpaired) electrons. The number of rotatable bonds is 4. The van der Waals surface area contributed by atoms with E-state index in [0.717, 1.165) is 11.6 Å². The highest BCUT2D eigenvalue weighted by atomic mass is 19.4. The van der Waals surface area contributed by atoms with Crippen LogP contribution in [0.25, 0.3) is 0 Å². The summed E-state index contributed by atoms with van der Waals surface area (Å²) in [5.74, 6) is -0.217. The summed E-state index contributed by atoms with van der Waals surface area (Å²) < 4.78 is 45.9. The Hall–Kier alpha value is -2.01. The SMILES string of the molecule is OC1(c2ccc(OCc3ccccc3)c(C(F)(F)F)c2)CC[CH]CC1. The second-order valence-electron chi connectivity index (χ2n) is 6.38. The molecule has 0 unspecified atom stereocenters. The van der Waals surface area contributed by atoms with E-state index < -0.39 is 17.3 Å². The molecule has 2 aromatic carbocycles. The summed E-state index contributed by atoms with van der Waals surface area (Å²) in [5.41, 5.74) is -0.947. The van der Waals surface area contributed by atoms with Crippen LogP contribution in [0.15, 0.2) is 48.5 Å². The number of halogens is 3. The van der Waals surface area contributed by atoms with Gasteiger partial charge in [0.1, 0.15) is 12.4 Å². The average molecular weight is 349 g/mol. The van der Waals surface area contributed by atoms with Crippen LogP contribution < -0.4 is 4.74 Å². The lowest BCUT2D eigenvalue weighted by Crippen LogP contribution is -2.29. The van der Waals surface area contributed by atoms with E-state index in [9.17, 15) is 18.3 Å². The Bertz CT molecular complexity index is 705. The number of benzene rings is 2. The van der Waals surface area contributed by atoms with Gasteiger partial charge in [-0.2, -0.15) is 13.2 Å². The third kappa shape index (κ3) is 4.15. The topological polar surface area (TPSA) is 29.5 Å². The molecular weight excluding hydrogens is 329 g/mol. The zero-order valence-electron chi connectivity index (χ0n) is 13.7. The van der Waals surface area contributed by atoms with E-state index in [2.05, 4.69) is 6.42 Å². The van der Waals surface area contributed by atoms with Crippen molar-refractivity contribution in [1.29, 1.82) is 0 Å². The second kappa shape index (κ2) is 7.08. The van der Waals surface area contributed by atoms with Crippen molar-refractivity contribution in [2.24, 2.45) is 0 Å². The molecule has 1 N–H and O–H groups in total. The number of alkyl halides is 3. The number of hydrogen-bond donors (Lipinski definition) is 1. The molecule has 1 aliphatic rings. The van der Waals surface area contributed by atoms with Crippen LogP contribution in [0.3, 0.4) is 0 Å². The van der Waals surface area contributed by atoms with E-state index in [0.29, 0.717) is 31.2 Å². The molecule has 0 spiro atoms. The summed E-state index contributed by atoms with van der Waals surface area (Å²) in [6.07, 6.45) is -0.215. The summed E-state index contributed by atoms with van der Waals surface area (Å²) in [6.45, 7) is 0.0580. The minimum Gasteiger partial charge on any atom is -0.488 e. The molecule has 1 saturated carbocycles. The van der Waals surface area contributed by atoms with Gasteiger partial charge in [0.2, 0.25) is 0 Å². The normalized spacial score (nSPS) is 17.3. The molecule has 3 rings (SSSR count). The van der Waals surface area contributed by atoms with Crippen LogP contribution in [-0.4, -0.2) is 5.11 Å². The highest BCUT2D eigenvalue weighted by molar-refractivity contribution is 5.41. The summed E-state index contributed by atoms with van der Waals surface area (Å²) in [7, 11) is 0. The van der Waals surface area contributed by atoms with Gasteiger partial charge in [0.15, 0.2) is 0 Å². The van der Waals surface area contributed by atoms with E-state index in [1.165, 1.54) is 6.07 Å². The van der Waals surface area contributed by atoms with Crippen molar-refractivity contribution in [2.75, 3.05) is 0 Å². The highest BCUT2D eigenvalue weighted by Crippen LogP contribution is 2.42. The summed E-state index contributed by atoms with van der Waals surface area (Å²) in [6, 6.07) is 12.9. The predicted molar refractivity (Wildman–Crippen MR) is 88.9 cm³/mol. The van der Waals surface area contributed by atoms with Gasteiger partial charge in [-0.1, -0.05) is 36.4 Å². The van der Waals surface area contributed by atoms with Crippen molar-refractivity contribution in [3.63, 3.8) is 0 Å². The first-order valence-corrected chi connectivity index (χ1v) is 8.31. The molecule has 0 heterocycles. The van der Waals surface area contributed by atoms with Crippen LogP contribution in [0.5, 0.6) is 5.75 Å². The van der Waals surface area contributed by atoms with Crippen LogP contribution in [0.1, 0.15) is 42.4 Å². The van der Waals surface area contributed by atoms with E-state index in [4.69, 9.17) is 4.74 Å². The Morgan fingerprint density at radius 2 is 1.68 bits per heavy atom. The van der Waals surface area contributed by atoms with Crippen molar-refractivity contribution in [1.82, 2.24) is 0 Å². The fourth-order valence-electron chi connectivity index (χ4n) is 3.14. The Morgan fingerprint density at radius 1 is 1.00 bits per heavy atom. The maximum Gasteiger partial charge on any atom is 0.419 e. The molecular formula is C20H20F3O2. The standard InChI is InChI=1S/C20H20F3O2/c21-20(22,23)17-13-16(19(24)11-5-2-6-12-19)9-10-18(17)25-14-15-7-3-1-4-8-15/h1-4,7-10,13,24H,5-6,11-12,14H2. The van der Waals surface area contributed by atoms with E-state index in [1.807, 2.05) is 18.2 Å². The lowest BCUT2D eigenvalue weighted by atomic mass is 9.79. The molecule has 1 aliphatic carbocycles. The first-order chi connectivity index (χ1) is 11.9. The Morgan fingerprint density at radius 3 is 2.32 bits per heavy atom. The van der Waals surface area contributed by atoms with Gasteiger partial charge in [-0.15, -0.1) is 0 Å². The fourth-order valence-corrected chi connectivity index (χ4v) is 3.14. The summed E-state index contributed by atoms with van der Waals surface area (Å²) >= 11 is 0. The molecule has 0 bridgehead atoms. The molecule has 0 saturated heterocycles. The lowest BCUT2D eigenvalue weighted by Gasteiger charge is -2.33. The van der Waals surface area contributed by atoms with Gasteiger partial charge in [-0.3, -0.25) is 0 Å². The van der Waals surface area contributed by atoms with E-state index >= 15 is 0 Å². The van der Waals surface area contributed by atoms with E-state index in [-0.39, 0.29) is 12.4 Å². The maximum absolute atomic E-state index is 13.5. The van der Waals surface area contributed by atoms with Gasteiger partial charge >= 0.3 is 6.18 Å². The average Bonchev–Trinajstić information content (AvgIpc) is 2.60. The highest BCUT2D eigenvalue weighted by Gasteiger charge is 2.38. The van der Waals surface area contributed by atoms with Crippen molar-refractivity contribution in [3.8, 4) is 5.75 Å². The van der Waals surface area contributed by atoms with Crippen molar-refractivity contribution >= 4 is 0 Å². The van der Waals surface area contributed by atoms with Crippen molar-refractivity contribution in [3.05, 3.63) is 71.6 Å². The van der Waals surface area contributed by atoms with Crippen LogP contribution >= 0.6 is 0 Å². The van der Waals surface area contributed by atoms with E-state index in [1.54, 1.807) is 18.2 Å². The molecule has 2 nitrogen and oxygen atoms in total. The molecule has 133 valence electrons. The molecule has 2 aromatic rings. The third-order valence-corrected chi connectivity index (χ3v) is 4.58. The molecule has 0 aromatic heterocycles. The van der Waals surface area contributed by atoms with Gasteiger partial charge in [-0.05, 0) is 55.4 Å². The second-order valence-corrected chi connectivity index (χ2v) is 6.38. The summed E-state index contributed by atoms with van der Waals surface area (Å²) in [4.78, 5) is 0. The fraction of sp³-hybridized carbons (Fsp3) is 0.350. The molecule has 5 heteroatoms. The number of aliphatic hydroxyl groups is 1. The molecule has 0 aliphatic heterocycles. The molecule has 0 atom stereocenters. The van der Waals surface area contributed by atoms with Crippen LogP contribution in [0.4, 0.5) is 13.2 Å². The zero-order valence-corrected chi connectivity index (χ0v) is 13.7. The first-order valence-electron chi connectivity index (χ1n) is 8.31. The van der Waals surface area contributed by atoms with Crippen molar-refractivity contribution in [2.45, 2.75) is 44.1 Å². The minimum atomic E-state index is -4.54. The number of ether oxygens (including phenoxy) is 1. The maximum atomic E-state index is 13.5. The van der Waals surface area contributed by atoms with Gasteiger partial charge < -0.3 is 9.84 Å². The zero-order chi connectivity index (χ0) is 17.9. The monoisotopic (exact) mass is 349 g/mol. The van der Waals surface area contributed by atoms with Gasteiger partial charge in [0, 0.05) is 0 Å². The molecule has 25 heavy (non-hydrogen) atoms. The van der Waals surface area contributed by atoms with Gasteiger partial charge in [0.05, 0.1) is 11.2 Å². The first kappa shape index (κ1) is 17.8. The largest absolute Gasteiger partial charge is 0.488 e. The smallest absolute Gasteiger partial charge is 0.419 e. The van der Waals surface area contributed by atoms with Gasteiger partial charge in [0.25, 0.3) is 0 Å². The summed E-state index contributed by atoms with van der Waals surface area (Å²) in [5, 5.41) is 10.7. The quantitative estimate of drug-likeness (QED) is 0.817. The molecule has 0 amide bonds. The van der Waals surface area contributed by atoms with Crippen LogP contribution in [-0.2, 0) is 18.4 Å². The minimum absolute atomic E-state index is 0.0580. The van der Waals surface area contributed by atoms with Gasteiger partial charge in [-0.25, -0.2) is 0 Å².